The molecule has 19 heavy (non-hydrogen) atoms. The predicted octanol–water partition coefficient (Wildman–Crippen LogP) is 1.55. The van der Waals surface area contributed by atoms with Crippen molar-refractivity contribution in [2.24, 2.45) is 16.3 Å². The van der Waals surface area contributed by atoms with Crippen molar-refractivity contribution in [3.05, 3.63) is 24.3 Å². The molecule has 0 radical (unpaired) electrons. The third-order valence-corrected chi connectivity index (χ3v) is 3.57. The summed E-state index contributed by atoms with van der Waals surface area (Å²) in [4.78, 5) is 12.3. The number of nitrogens with zero attached hydrogens (tertiary/aromatic N) is 1. The quantitative estimate of drug-likeness (QED) is 0.332. The number of ether oxygens (including phenoxy) is 1. The summed E-state index contributed by atoms with van der Waals surface area (Å²) >= 11 is 0. The Balaban J connectivity index is 2.16. The van der Waals surface area contributed by atoms with Crippen molar-refractivity contribution in [2.75, 3.05) is 12.4 Å². The van der Waals surface area contributed by atoms with E-state index in [0.717, 1.165) is 6.42 Å². The molecular formula is C13H17N3O3. The Morgan fingerprint density at radius 3 is 2.79 bits per heavy atom. The number of carbonyl (C=O) groups is 1. The van der Waals surface area contributed by atoms with E-state index in [-0.39, 0.29) is 11.7 Å². The molecule has 1 aromatic carbocycles. The molecule has 0 aliphatic heterocycles. The van der Waals surface area contributed by atoms with Gasteiger partial charge in [-0.05, 0) is 25.0 Å². The van der Waals surface area contributed by atoms with Gasteiger partial charge < -0.3 is 21.0 Å². The van der Waals surface area contributed by atoms with Crippen molar-refractivity contribution in [1.29, 1.82) is 0 Å². The number of rotatable bonds is 4. The van der Waals surface area contributed by atoms with Crippen LogP contribution in [0.4, 0.5) is 5.69 Å². The summed E-state index contributed by atoms with van der Waals surface area (Å²) in [6.07, 6.45) is 2.08. The van der Waals surface area contributed by atoms with Gasteiger partial charge in [0.2, 0.25) is 5.91 Å². The van der Waals surface area contributed by atoms with Gasteiger partial charge in [0.05, 0.1) is 7.11 Å². The highest BCUT2D eigenvalue weighted by molar-refractivity contribution is 6.12. The SMILES string of the molecule is COc1cccc(NC(=O)C2(/C(N)=N/O)CCC2)c1. The Labute approximate surface area is 111 Å². The lowest BCUT2D eigenvalue weighted by atomic mass is 9.67. The normalized spacial score (nSPS) is 17.4. The van der Waals surface area contributed by atoms with Crippen LogP contribution < -0.4 is 15.8 Å². The number of anilines is 1. The maximum absolute atomic E-state index is 12.3. The van der Waals surface area contributed by atoms with E-state index in [4.69, 9.17) is 15.7 Å². The van der Waals surface area contributed by atoms with Crippen molar-refractivity contribution >= 4 is 17.4 Å². The fourth-order valence-corrected chi connectivity index (χ4v) is 2.18. The lowest BCUT2D eigenvalue weighted by Crippen LogP contribution is -2.51. The number of carbonyl (C=O) groups excluding carboxylic acids is 1. The summed E-state index contributed by atoms with van der Waals surface area (Å²) < 4.78 is 5.09. The molecule has 6 nitrogen and oxygen atoms in total. The number of oxime groups is 1. The van der Waals surface area contributed by atoms with Crippen molar-refractivity contribution in [2.45, 2.75) is 19.3 Å². The van der Waals surface area contributed by atoms with Crippen LogP contribution >= 0.6 is 0 Å². The molecule has 1 fully saturated rings. The Morgan fingerprint density at radius 2 is 2.26 bits per heavy atom. The minimum absolute atomic E-state index is 0.0286. The fourth-order valence-electron chi connectivity index (χ4n) is 2.18. The average molecular weight is 263 g/mol. The molecule has 0 spiro atoms. The van der Waals surface area contributed by atoms with Crippen molar-refractivity contribution < 1.29 is 14.7 Å². The highest BCUT2D eigenvalue weighted by Gasteiger charge is 2.48. The molecule has 0 atom stereocenters. The van der Waals surface area contributed by atoms with Crippen LogP contribution in [0.2, 0.25) is 0 Å². The van der Waals surface area contributed by atoms with E-state index < -0.39 is 5.41 Å². The number of benzene rings is 1. The van der Waals surface area contributed by atoms with Crippen LogP contribution in [-0.4, -0.2) is 24.1 Å². The number of nitrogens with two attached hydrogens (primary N) is 1. The van der Waals surface area contributed by atoms with Gasteiger partial charge in [0.25, 0.3) is 0 Å². The smallest absolute Gasteiger partial charge is 0.238 e. The molecule has 0 unspecified atom stereocenters. The van der Waals surface area contributed by atoms with Gasteiger partial charge in [0.1, 0.15) is 11.2 Å². The molecule has 2 rings (SSSR count). The van der Waals surface area contributed by atoms with E-state index in [9.17, 15) is 4.79 Å². The molecule has 1 saturated carbocycles. The second-order valence-electron chi connectivity index (χ2n) is 4.61. The van der Waals surface area contributed by atoms with Crippen LogP contribution in [0.1, 0.15) is 19.3 Å². The zero-order valence-electron chi connectivity index (χ0n) is 10.7. The highest BCUT2D eigenvalue weighted by Crippen LogP contribution is 2.42. The summed E-state index contributed by atoms with van der Waals surface area (Å²) in [5.41, 5.74) is 5.39. The summed E-state index contributed by atoms with van der Waals surface area (Å²) in [7, 11) is 1.56. The number of amides is 1. The number of methoxy groups -OCH3 is 1. The minimum atomic E-state index is -0.877. The van der Waals surface area contributed by atoms with Crippen LogP contribution in [0.25, 0.3) is 0 Å². The molecule has 4 N–H and O–H groups in total. The summed E-state index contributed by atoms with van der Waals surface area (Å²) in [6.45, 7) is 0. The standard InChI is InChI=1S/C13H17N3O3/c1-19-10-5-2-4-9(8-10)15-12(17)13(6-3-7-13)11(14)16-18/h2,4-5,8,18H,3,6-7H2,1H3,(H2,14,16)(H,15,17). The predicted molar refractivity (Wildman–Crippen MR) is 71.3 cm³/mol. The van der Waals surface area contributed by atoms with E-state index in [2.05, 4.69) is 10.5 Å². The van der Waals surface area contributed by atoms with Crippen LogP contribution in [-0.2, 0) is 4.79 Å². The first-order valence-corrected chi connectivity index (χ1v) is 6.06. The molecule has 6 heteroatoms. The third-order valence-electron chi connectivity index (χ3n) is 3.57. The van der Waals surface area contributed by atoms with Gasteiger partial charge in [-0.2, -0.15) is 0 Å². The minimum Gasteiger partial charge on any atom is -0.497 e. The molecular weight excluding hydrogens is 246 g/mol. The lowest BCUT2D eigenvalue weighted by Gasteiger charge is -2.38. The summed E-state index contributed by atoms with van der Waals surface area (Å²) in [5.74, 6) is 0.380. The zero-order valence-corrected chi connectivity index (χ0v) is 10.7. The van der Waals surface area contributed by atoms with Crippen LogP contribution in [0.15, 0.2) is 29.4 Å². The van der Waals surface area contributed by atoms with E-state index in [1.54, 1.807) is 31.4 Å². The lowest BCUT2D eigenvalue weighted by molar-refractivity contribution is -0.125. The van der Waals surface area contributed by atoms with Crippen molar-refractivity contribution in [3.63, 3.8) is 0 Å². The van der Waals surface area contributed by atoms with Gasteiger partial charge in [-0.15, -0.1) is 0 Å². The molecule has 1 amide bonds. The first-order valence-electron chi connectivity index (χ1n) is 6.06. The van der Waals surface area contributed by atoms with Gasteiger partial charge in [-0.3, -0.25) is 4.79 Å². The van der Waals surface area contributed by atoms with E-state index in [1.807, 2.05) is 0 Å². The van der Waals surface area contributed by atoms with Crippen LogP contribution in [0, 0.1) is 5.41 Å². The van der Waals surface area contributed by atoms with Gasteiger partial charge in [-0.1, -0.05) is 17.6 Å². The maximum Gasteiger partial charge on any atom is 0.238 e. The van der Waals surface area contributed by atoms with E-state index in [1.165, 1.54) is 0 Å². The van der Waals surface area contributed by atoms with Crippen molar-refractivity contribution in [1.82, 2.24) is 0 Å². The third kappa shape index (κ3) is 2.33. The number of hydrogen-bond donors (Lipinski definition) is 3. The Hall–Kier alpha value is -2.24. The molecule has 102 valence electrons. The second-order valence-corrected chi connectivity index (χ2v) is 4.61. The summed E-state index contributed by atoms with van der Waals surface area (Å²) in [6, 6.07) is 7.05. The molecule has 0 aromatic heterocycles. The monoisotopic (exact) mass is 263 g/mol. The topological polar surface area (TPSA) is 96.9 Å². The largest absolute Gasteiger partial charge is 0.497 e. The number of hydrogen-bond acceptors (Lipinski definition) is 4. The van der Waals surface area contributed by atoms with Gasteiger partial charge >= 0.3 is 0 Å². The zero-order chi connectivity index (χ0) is 13.9. The molecule has 1 aliphatic carbocycles. The van der Waals surface area contributed by atoms with Crippen molar-refractivity contribution in [3.8, 4) is 5.75 Å². The number of nitrogens with one attached hydrogen (secondary N) is 1. The molecule has 1 aromatic rings. The van der Waals surface area contributed by atoms with Gasteiger partial charge in [0, 0.05) is 11.8 Å². The second kappa shape index (κ2) is 5.17. The maximum atomic E-state index is 12.3. The average Bonchev–Trinajstić information content (AvgIpc) is 2.37. The Kier molecular flexibility index (Phi) is 3.59. The first kappa shape index (κ1) is 13.2. The highest BCUT2D eigenvalue weighted by atomic mass is 16.5. The van der Waals surface area contributed by atoms with Gasteiger partial charge in [0.15, 0.2) is 5.84 Å². The molecule has 0 bridgehead atoms. The molecule has 1 aliphatic rings. The Morgan fingerprint density at radius 1 is 1.53 bits per heavy atom. The number of amidine groups is 1. The first-order chi connectivity index (χ1) is 9.12. The summed E-state index contributed by atoms with van der Waals surface area (Å²) in [5, 5.41) is 14.6. The van der Waals surface area contributed by atoms with E-state index in [0.29, 0.717) is 24.3 Å². The Bertz CT molecular complexity index is 510. The molecule has 0 heterocycles. The fraction of sp³-hybridized carbons (Fsp3) is 0.385. The van der Waals surface area contributed by atoms with Crippen LogP contribution in [0.3, 0.4) is 0 Å². The van der Waals surface area contributed by atoms with Crippen LogP contribution in [0.5, 0.6) is 5.75 Å². The van der Waals surface area contributed by atoms with Gasteiger partial charge in [-0.25, -0.2) is 0 Å². The molecule has 0 saturated heterocycles. The van der Waals surface area contributed by atoms with E-state index >= 15 is 0 Å².